The Balaban J connectivity index is 1.80. The van der Waals surface area contributed by atoms with E-state index < -0.39 is 8.15 Å². The molecular formula is C22H21OP. The summed E-state index contributed by atoms with van der Waals surface area (Å²) in [6, 6.07) is 25.9. The lowest BCUT2D eigenvalue weighted by molar-refractivity contribution is 0.590. The monoisotopic (exact) mass is 332 g/mol. The van der Waals surface area contributed by atoms with Crippen molar-refractivity contribution < 1.29 is 4.52 Å². The van der Waals surface area contributed by atoms with E-state index in [1.54, 1.807) is 0 Å². The van der Waals surface area contributed by atoms with E-state index >= 15 is 0 Å². The molecule has 1 aliphatic rings. The quantitative estimate of drug-likeness (QED) is 0.543. The highest BCUT2D eigenvalue weighted by Crippen LogP contribution is 2.47. The fourth-order valence-corrected chi connectivity index (χ4v) is 4.98. The molecule has 0 saturated carbocycles. The van der Waals surface area contributed by atoms with Crippen LogP contribution >= 0.6 is 8.15 Å². The summed E-state index contributed by atoms with van der Waals surface area (Å²) in [6.07, 6.45) is 0. The second-order valence-corrected chi connectivity index (χ2v) is 8.97. The Labute approximate surface area is 145 Å². The third-order valence-electron chi connectivity index (χ3n) is 4.46. The lowest BCUT2D eigenvalue weighted by Gasteiger charge is -2.29. The maximum absolute atomic E-state index is 6.43. The van der Waals surface area contributed by atoms with Gasteiger partial charge in [0.15, 0.2) is 8.15 Å². The molecule has 0 saturated heterocycles. The van der Waals surface area contributed by atoms with Crippen molar-refractivity contribution >= 4 is 18.8 Å². The Bertz CT molecular complexity index is 875. The van der Waals surface area contributed by atoms with E-state index in [1.165, 1.54) is 27.3 Å². The number of benzene rings is 3. The SMILES string of the molecule is CC(C)(C)c1ccc(P2Oc3ccccc3-c3ccccc32)cc1. The molecule has 0 aromatic heterocycles. The van der Waals surface area contributed by atoms with Crippen molar-refractivity contribution in [2.75, 3.05) is 0 Å². The van der Waals surface area contributed by atoms with Crippen LogP contribution in [0.1, 0.15) is 26.3 Å². The summed E-state index contributed by atoms with van der Waals surface area (Å²) in [6.45, 7) is 6.74. The number of rotatable bonds is 1. The first-order chi connectivity index (χ1) is 11.5. The number of fused-ring (bicyclic) bond motifs is 3. The minimum Gasteiger partial charge on any atom is -0.464 e. The molecule has 4 rings (SSSR count). The van der Waals surface area contributed by atoms with Gasteiger partial charge >= 0.3 is 0 Å². The van der Waals surface area contributed by atoms with Crippen molar-refractivity contribution in [2.24, 2.45) is 0 Å². The van der Waals surface area contributed by atoms with Crippen LogP contribution in [0.25, 0.3) is 11.1 Å². The molecule has 1 unspecified atom stereocenters. The van der Waals surface area contributed by atoms with Gasteiger partial charge in [0, 0.05) is 16.2 Å². The van der Waals surface area contributed by atoms with Crippen LogP contribution in [0.4, 0.5) is 0 Å². The van der Waals surface area contributed by atoms with Crippen LogP contribution in [0, 0.1) is 0 Å². The smallest absolute Gasteiger partial charge is 0.151 e. The molecule has 3 aromatic carbocycles. The highest BCUT2D eigenvalue weighted by atomic mass is 31.1. The zero-order chi connectivity index (χ0) is 16.7. The van der Waals surface area contributed by atoms with E-state index in [4.69, 9.17) is 4.52 Å². The van der Waals surface area contributed by atoms with Crippen molar-refractivity contribution in [1.29, 1.82) is 0 Å². The van der Waals surface area contributed by atoms with Gasteiger partial charge in [-0.15, -0.1) is 0 Å². The Morgan fingerprint density at radius 1 is 0.708 bits per heavy atom. The van der Waals surface area contributed by atoms with Crippen molar-refractivity contribution in [3.63, 3.8) is 0 Å². The normalized spacial score (nSPS) is 16.0. The van der Waals surface area contributed by atoms with Crippen LogP contribution in [-0.4, -0.2) is 0 Å². The van der Waals surface area contributed by atoms with Gasteiger partial charge in [0.25, 0.3) is 0 Å². The lowest BCUT2D eigenvalue weighted by atomic mass is 9.87. The molecule has 0 spiro atoms. The summed E-state index contributed by atoms with van der Waals surface area (Å²) in [5.41, 5.74) is 4.01. The van der Waals surface area contributed by atoms with Crippen molar-refractivity contribution in [2.45, 2.75) is 26.2 Å². The molecule has 1 heterocycles. The standard InChI is InChI=1S/C22H21OP/c1-22(2,3)16-12-14-17(15-13-16)24-21-11-7-5-9-19(21)18-8-4-6-10-20(18)23-24/h4-15H,1-3H3. The Morgan fingerprint density at radius 3 is 2.04 bits per heavy atom. The number of para-hydroxylation sites is 1. The largest absolute Gasteiger partial charge is 0.464 e. The van der Waals surface area contributed by atoms with E-state index in [1.807, 2.05) is 6.07 Å². The predicted octanol–water partition coefficient (Wildman–Crippen LogP) is 5.39. The Morgan fingerprint density at radius 2 is 1.33 bits per heavy atom. The number of hydrogen-bond acceptors (Lipinski definition) is 1. The molecule has 0 bridgehead atoms. The van der Waals surface area contributed by atoms with E-state index in [-0.39, 0.29) is 5.41 Å². The average Bonchev–Trinajstić information content (AvgIpc) is 2.60. The summed E-state index contributed by atoms with van der Waals surface area (Å²) in [5.74, 6) is 0.988. The second kappa shape index (κ2) is 5.76. The van der Waals surface area contributed by atoms with E-state index in [2.05, 4.69) is 87.5 Å². The van der Waals surface area contributed by atoms with E-state index in [9.17, 15) is 0 Å². The van der Waals surface area contributed by atoms with Crippen LogP contribution in [0.3, 0.4) is 0 Å². The molecule has 0 radical (unpaired) electrons. The molecule has 120 valence electrons. The third-order valence-corrected chi connectivity index (χ3v) is 6.43. The first kappa shape index (κ1) is 15.4. The van der Waals surface area contributed by atoms with Crippen LogP contribution in [0.2, 0.25) is 0 Å². The van der Waals surface area contributed by atoms with Crippen molar-refractivity contribution in [3.05, 3.63) is 78.4 Å². The van der Waals surface area contributed by atoms with Crippen LogP contribution < -0.4 is 15.1 Å². The molecule has 1 aliphatic heterocycles. The summed E-state index contributed by atoms with van der Waals surface area (Å²) in [4.78, 5) is 0. The maximum atomic E-state index is 6.43. The second-order valence-electron chi connectivity index (χ2n) is 7.20. The van der Waals surface area contributed by atoms with Gasteiger partial charge in [0.1, 0.15) is 5.75 Å². The first-order valence-corrected chi connectivity index (χ1v) is 9.57. The maximum Gasteiger partial charge on any atom is 0.151 e. The minimum atomic E-state index is -0.818. The zero-order valence-electron chi connectivity index (χ0n) is 14.3. The van der Waals surface area contributed by atoms with Crippen LogP contribution in [0.15, 0.2) is 72.8 Å². The average molecular weight is 332 g/mol. The van der Waals surface area contributed by atoms with Crippen LogP contribution in [-0.2, 0) is 5.41 Å². The van der Waals surface area contributed by atoms with Gasteiger partial charge in [0.2, 0.25) is 0 Å². The Kier molecular flexibility index (Phi) is 3.70. The highest BCUT2D eigenvalue weighted by molar-refractivity contribution is 7.69. The topological polar surface area (TPSA) is 9.23 Å². The van der Waals surface area contributed by atoms with E-state index in [0.29, 0.717) is 0 Å². The molecule has 2 heteroatoms. The molecule has 1 nitrogen and oxygen atoms in total. The molecule has 3 aromatic rings. The third kappa shape index (κ3) is 2.64. The highest BCUT2D eigenvalue weighted by Gasteiger charge is 2.27. The molecule has 0 N–H and O–H groups in total. The summed E-state index contributed by atoms with van der Waals surface area (Å²) >= 11 is 0. The van der Waals surface area contributed by atoms with Crippen molar-refractivity contribution in [3.8, 4) is 16.9 Å². The van der Waals surface area contributed by atoms with Gasteiger partial charge in [-0.1, -0.05) is 87.5 Å². The molecule has 0 aliphatic carbocycles. The predicted molar refractivity (Wildman–Crippen MR) is 104 cm³/mol. The summed E-state index contributed by atoms with van der Waals surface area (Å²) < 4.78 is 6.43. The fraction of sp³-hybridized carbons (Fsp3) is 0.182. The van der Waals surface area contributed by atoms with Gasteiger partial charge in [0.05, 0.1) is 0 Å². The molecule has 0 fully saturated rings. The summed E-state index contributed by atoms with van der Waals surface area (Å²) in [7, 11) is -0.818. The van der Waals surface area contributed by atoms with Crippen LogP contribution in [0.5, 0.6) is 5.75 Å². The van der Waals surface area contributed by atoms with Gasteiger partial charge < -0.3 is 4.52 Å². The van der Waals surface area contributed by atoms with Gasteiger partial charge in [-0.25, -0.2) is 0 Å². The van der Waals surface area contributed by atoms with Gasteiger partial charge in [-0.05, 0) is 22.6 Å². The van der Waals surface area contributed by atoms with Gasteiger partial charge in [-0.2, -0.15) is 0 Å². The Hall–Kier alpha value is -2.11. The molecular weight excluding hydrogens is 311 g/mol. The molecule has 1 atom stereocenters. The van der Waals surface area contributed by atoms with Gasteiger partial charge in [-0.3, -0.25) is 0 Å². The lowest BCUT2D eigenvalue weighted by Crippen LogP contribution is -2.22. The number of hydrogen-bond donors (Lipinski definition) is 0. The minimum absolute atomic E-state index is 0.170. The molecule has 24 heavy (non-hydrogen) atoms. The summed E-state index contributed by atoms with van der Waals surface area (Å²) in [5, 5.41) is 2.56. The van der Waals surface area contributed by atoms with Crippen molar-refractivity contribution in [1.82, 2.24) is 0 Å². The zero-order valence-corrected chi connectivity index (χ0v) is 15.2. The fourth-order valence-electron chi connectivity index (χ4n) is 3.08. The first-order valence-electron chi connectivity index (χ1n) is 8.31. The molecule has 0 amide bonds. The van der Waals surface area contributed by atoms with E-state index in [0.717, 1.165) is 5.75 Å².